The number of rotatable bonds is 11. The van der Waals surface area contributed by atoms with Gasteiger partial charge in [0.25, 0.3) is 0 Å². The van der Waals surface area contributed by atoms with E-state index in [0.29, 0.717) is 45.0 Å². The predicted molar refractivity (Wildman–Crippen MR) is 196 cm³/mol. The van der Waals surface area contributed by atoms with Crippen molar-refractivity contribution in [2.45, 2.75) is 40.9 Å². The summed E-state index contributed by atoms with van der Waals surface area (Å²) >= 11 is 4.87. The van der Waals surface area contributed by atoms with E-state index in [1.54, 1.807) is 101 Å². The lowest BCUT2D eigenvalue weighted by Crippen LogP contribution is -2.05. The second-order valence-electron chi connectivity index (χ2n) is 10.9. The number of aromatic hydroxyl groups is 2. The SMILES string of the molecule is C=C(C)C(=O)Cl.C=C(C)C(=O)OCc1cc(C)cc(N=Nc2ccc(OC)cc2)c1O.COc1ccc(N=Nc2cc(C)cc(CO)c2O)cc1. The van der Waals surface area contributed by atoms with E-state index in [4.69, 9.17) is 30.9 Å². The first kappa shape index (κ1) is 41.3. The number of carbonyl (C=O) groups is 2. The van der Waals surface area contributed by atoms with Crippen molar-refractivity contribution in [3.05, 3.63) is 119 Å². The highest BCUT2D eigenvalue weighted by molar-refractivity contribution is 6.67. The molecule has 0 saturated carbocycles. The minimum absolute atomic E-state index is 0.0460. The Kier molecular flexibility index (Phi) is 16.7. The molecule has 0 aliphatic heterocycles. The van der Waals surface area contributed by atoms with Crippen molar-refractivity contribution in [3.8, 4) is 23.0 Å². The number of azo groups is 2. The molecule has 0 aromatic heterocycles. The zero-order chi connectivity index (χ0) is 38.1. The Morgan fingerprint density at radius 1 is 0.686 bits per heavy atom. The van der Waals surface area contributed by atoms with Crippen LogP contribution in [0.5, 0.6) is 23.0 Å². The molecule has 0 bridgehead atoms. The van der Waals surface area contributed by atoms with Gasteiger partial charge in [-0.1, -0.05) is 13.2 Å². The minimum Gasteiger partial charge on any atom is -0.505 e. The van der Waals surface area contributed by atoms with Crippen LogP contribution >= 0.6 is 11.6 Å². The van der Waals surface area contributed by atoms with Gasteiger partial charge in [0.15, 0.2) is 0 Å². The molecule has 4 rings (SSSR count). The monoisotopic (exact) mass is 716 g/mol. The molecule has 0 spiro atoms. The summed E-state index contributed by atoms with van der Waals surface area (Å²) in [7, 11) is 3.18. The van der Waals surface area contributed by atoms with E-state index in [9.17, 15) is 19.8 Å². The van der Waals surface area contributed by atoms with Gasteiger partial charge >= 0.3 is 5.97 Å². The summed E-state index contributed by atoms with van der Waals surface area (Å²) in [5.41, 5.74) is 5.25. The number of aliphatic hydroxyl groups is 1. The fraction of sp³-hybridized carbons (Fsp3) is 0.211. The number of aryl methyl sites for hydroxylation is 2. The van der Waals surface area contributed by atoms with Crippen LogP contribution in [-0.4, -0.2) is 40.8 Å². The molecular formula is C38H41ClN4O8. The summed E-state index contributed by atoms with van der Waals surface area (Å²) in [6, 6.07) is 21.0. The summed E-state index contributed by atoms with van der Waals surface area (Å²) in [4.78, 5) is 21.3. The Balaban J connectivity index is 0.000000310. The quantitative estimate of drug-likeness (QED) is 0.0595. The topological polar surface area (TPSA) is 172 Å². The summed E-state index contributed by atoms with van der Waals surface area (Å²) in [6.45, 7) is 13.3. The van der Waals surface area contributed by atoms with E-state index in [-0.39, 0.29) is 24.7 Å². The number of hydrogen-bond donors (Lipinski definition) is 3. The molecule has 0 amide bonds. The third kappa shape index (κ3) is 13.9. The summed E-state index contributed by atoms with van der Waals surface area (Å²) < 4.78 is 15.2. The van der Waals surface area contributed by atoms with E-state index in [0.717, 1.165) is 22.6 Å². The van der Waals surface area contributed by atoms with E-state index < -0.39 is 11.2 Å². The third-order valence-electron chi connectivity index (χ3n) is 6.53. The maximum atomic E-state index is 11.5. The van der Waals surface area contributed by atoms with Crippen molar-refractivity contribution < 1.29 is 39.1 Å². The molecule has 0 aliphatic carbocycles. The highest BCUT2D eigenvalue weighted by Crippen LogP contribution is 2.35. The largest absolute Gasteiger partial charge is 0.505 e. The summed E-state index contributed by atoms with van der Waals surface area (Å²) in [5.74, 6) is 0.832. The lowest BCUT2D eigenvalue weighted by molar-refractivity contribution is -0.140. The fourth-order valence-corrected chi connectivity index (χ4v) is 3.84. The van der Waals surface area contributed by atoms with Crippen molar-refractivity contribution in [1.29, 1.82) is 0 Å². The highest BCUT2D eigenvalue weighted by atomic mass is 35.5. The Morgan fingerprint density at radius 3 is 1.43 bits per heavy atom. The Hall–Kier alpha value is -5.85. The van der Waals surface area contributed by atoms with Crippen LogP contribution in [0.15, 0.2) is 118 Å². The van der Waals surface area contributed by atoms with Gasteiger partial charge in [0.05, 0.1) is 32.2 Å². The van der Waals surface area contributed by atoms with Crippen molar-refractivity contribution in [2.75, 3.05) is 14.2 Å². The van der Waals surface area contributed by atoms with Gasteiger partial charge in [-0.2, -0.15) is 10.2 Å². The Labute approximate surface area is 302 Å². The number of methoxy groups -OCH3 is 2. The lowest BCUT2D eigenvalue weighted by atomic mass is 10.1. The zero-order valence-electron chi connectivity index (χ0n) is 29.3. The molecule has 4 aromatic rings. The predicted octanol–water partition coefficient (Wildman–Crippen LogP) is 9.69. The van der Waals surface area contributed by atoms with Crippen LogP contribution in [0.25, 0.3) is 0 Å². The molecule has 268 valence electrons. The van der Waals surface area contributed by atoms with Gasteiger partial charge < -0.3 is 29.5 Å². The number of esters is 1. The smallest absolute Gasteiger partial charge is 0.333 e. The van der Waals surface area contributed by atoms with Gasteiger partial charge in [0.2, 0.25) is 5.24 Å². The van der Waals surface area contributed by atoms with Gasteiger partial charge in [0, 0.05) is 22.3 Å². The average Bonchev–Trinajstić information content (AvgIpc) is 3.12. The molecule has 51 heavy (non-hydrogen) atoms. The molecule has 0 aliphatic rings. The number of phenols is 2. The van der Waals surface area contributed by atoms with Crippen LogP contribution in [0.3, 0.4) is 0 Å². The standard InChI is InChI=1S/C19H20N2O4.C15H16N2O3.C4H5ClO/c1-12(2)19(23)25-11-14-9-13(3)10-17(18(14)22)21-20-15-5-7-16(24-4)8-6-15;1-10-7-11(9-18)15(19)14(8-10)17-16-12-3-5-13(20-2)6-4-12;1-3(2)4(5)6/h5-10,22H,1,11H2,2-4H3;3-8,18-19H,9H2,1-2H3;1H2,2H3. The molecule has 0 heterocycles. The molecule has 0 unspecified atom stereocenters. The fourth-order valence-electron chi connectivity index (χ4n) is 3.84. The van der Waals surface area contributed by atoms with Crippen molar-refractivity contribution >= 4 is 45.6 Å². The number of benzene rings is 4. The second-order valence-corrected chi connectivity index (χ2v) is 11.3. The number of ether oxygens (including phenoxy) is 3. The van der Waals surface area contributed by atoms with E-state index >= 15 is 0 Å². The number of phenolic OH excluding ortho intramolecular Hbond substituents is 1. The molecule has 4 aromatic carbocycles. The first-order valence-electron chi connectivity index (χ1n) is 15.2. The highest BCUT2D eigenvalue weighted by Gasteiger charge is 2.12. The Bertz CT molecular complexity index is 1880. The molecule has 0 radical (unpaired) electrons. The first-order chi connectivity index (χ1) is 24.2. The molecule has 12 nitrogen and oxygen atoms in total. The number of allylic oxidation sites excluding steroid dienone is 1. The van der Waals surface area contributed by atoms with Gasteiger partial charge in [-0.3, -0.25) is 4.79 Å². The molecule has 13 heteroatoms. The number of nitrogens with zero attached hydrogens (tertiary/aromatic N) is 4. The van der Waals surface area contributed by atoms with Gasteiger partial charge in [-0.15, -0.1) is 10.2 Å². The summed E-state index contributed by atoms with van der Waals surface area (Å²) in [5, 5.41) is 45.3. The molecular weight excluding hydrogens is 676 g/mol. The maximum Gasteiger partial charge on any atom is 0.333 e. The molecule has 0 saturated heterocycles. The van der Waals surface area contributed by atoms with Gasteiger partial charge in [0.1, 0.15) is 41.0 Å². The van der Waals surface area contributed by atoms with Crippen LogP contribution in [0.4, 0.5) is 22.7 Å². The number of carbonyl (C=O) groups excluding carboxylic acids is 2. The van der Waals surface area contributed by atoms with Crippen molar-refractivity contribution in [2.24, 2.45) is 20.5 Å². The van der Waals surface area contributed by atoms with E-state index in [1.165, 1.54) is 0 Å². The average molecular weight is 717 g/mol. The normalized spacial score (nSPS) is 10.4. The maximum absolute atomic E-state index is 11.5. The van der Waals surface area contributed by atoms with Crippen molar-refractivity contribution in [3.63, 3.8) is 0 Å². The zero-order valence-corrected chi connectivity index (χ0v) is 30.1. The van der Waals surface area contributed by atoms with Gasteiger partial charge in [-0.25, -0.2) is 4.79 Å². The Morgan fingerprint density at radius 2 is 1.08 bits per heavy atom. The first-order valence-corrected chi connectivity index (χ1v) is 15.6. The van der Waals surface area contributed by atoms with E-state index in [1.807, 2.05) is 13.8 Å². The van der Waals surface area contributed by atoms with Crippen LogP contribution in [0, 0.1) is 13.8 Å². The number of halogens is 1. The second kappa shape index (κ2) is 20.6. The van der Waals surface area contributed by atoms with Crippen LogP contribution < -0.4 is 9.47 Å². The third-order valence-corrected chi connectivity index (χ3v) is 6.85. The van der Waals surface area contributed by atoms with Crippen LogP contribution in [0.2, 0.25) is 0 Å². The summed E-state index contributed by atoms with van der Waals surface area (Å²) in [6.07, 6.45) is 0. The van der Waals surface area contributed by atoms with Crippen molar-refractivity contribution in [1.82, 2.24) is 0 Å². The lowest BCUT2D eigenvalue weighted by Gasteiger charge is -2.09. The molecule has 0 fully saturated rings. The van der Waals surface area contributed by atoms with E-state index in [2.05, 4.69) is 33.6 Å². The number of hydrogen-bond acceptors (Lipinski definition) is 12. The van der Waals surface area contributed by atoms with Crippen LogP contribution in [-0.2, 0) is 27.5 Å². The molecule has 3 N–H and O–H groups in total. The minimum atomic E-state index is -0.512. The van der Waals surface area contributed by atoms with Gasteiger partial charge in [-0.05, 0) is 123 Å². The molecule has 0 atom stereocenters. The number of aliphatic hydroxyl groups excluding tert-OH is 1. The van der Waals surface area contributed by atoms with Crippen LogP contribution in [0.1, 0.15) is 36.1 Å².